The Bertz CT molecular complexity index is 617. The van der Waals surface area contributed by atoms with E-state index in [4.69, 9.17) is 23.2 Å². The van der Waals surface area contributed by atoms with Gasteiger partial charge in [-0.3, -0.25) is 0 Å². The van der Waals surface area contributed by atoms with Crippen molar-refractivity contribution in [1.82, 2.24) is 0 Å². The molecule has 0 bridgehead atoms. The lowest BCUT2D eigenvalue weighted by atomic mass is 10.2. The summed E-state index contributed by atoms with van der Waals surface area (Å²) < 4.78 is 39.1. The predicted octanol–water partition coefficient (Wildman–Crippen LogP) is 5.02. The highest BCUT2D eigenvalue weighted by Crippen LogP contribution is 2.25. The molecule has 100 valence electrons. The molecule has 2 rings (SSSR count). The summed E-state index contributed by atoms with van der Waals surface area (Å²) in [6, 6.07) is 6.11. The molecule has 0 fully saturated rings. The Morgan fingerprint density at radius 2 is 1.53 bits per heavy atom. The molecule has 0 saturated heterocycles. The van der Waals surface area contributed by atoms with Crippen molar-refractivity contribution >= 4 is 28.9 Å². The van der Waals surface area contributed by atoms with Gasteiger partial charge in [0.25, 0.3) is 0 Å². The number of halogens is 5. The molecule has 0 aliphatic carbocycles. The average molecular weight is 306 g/mol. The number of rotatable bonds is 3. The number of hydrogen-bond acceptors (Lipinski definition) is 1. The van der Waals surface area contributed by atoms with Crippen LogP contribution < -0.4 is 5.32 Å². The maximum atomic E-state index is 13.4. The van der Waals surface area contributed by atoms with Crippen LogP contribution in [0, 0.1) is 17.5 Å². The minimum Gasteiger partial charge on any atom is -0.381 e. The lowest BCUT2D eigenvalue weighted by molar-refractivity contribution is 0.490. The highest BCUT2D eigenvalue weighted by atomic mass is 35.5. The minimum atomic E-state index is -1.21. The van der Waals surface area contributed by atoms with Crippen molar-refractivity contribution in [3.8, 4) is 0 Å². The highest BCUT2D eigenvalue weighted by Gasteiger charge is 2.09. The van der Waals surface area contributed by atoms with Crippen LogP contribution in [0.15, 0.2) is 30.3 Å². The molecule has 19 heavy (non-hydrogen) atoms. The van der Waals surface area contributed by atoms with Crippen LogP contribution in [0.3, 0.4) is 0 Å². The molecule has 0 saturated carbocycles. The minimum absolute atomic E-state index is 0.000987. The first-order valence-electron chi connectivity index (χ1n) is 5.29. The highest BCUT2D eigenvalue weighted by molar-refractivity contribution is 6.42. The maximum Gasteiger partial charge on any atom is 0.161 e. The van der Waals surface area contributed by atoms with Gasteiger partial charge < -0.3 is 5.32 Å². The Hall–Kier alpha value is -1.39. The first-order chi connectivity index (χ1) is 8.97. The zero-order chi connectivity index (χ0) is 14.0. The Morgan fingerprint density at radius 3 is 2.21 bits per heavy atom. The van der Waals surface area contributed by atoms with Gasteiger partial charge in [0, 0.05) is 23.9 Å². The topological polar surface area (TPSA) is 12.0 Å². The monoisotopic (exact) mass is 305 g/mol. The molecule has 1 N–H and O–H groups in total. The van der Waals surface area contributed by atoms with Crippen molar-refractivity contribution in [2.45, 2.75) is 6.54 Å². The van der Waals surface area contributed by atoms with Gasteiger partial charge in [-0.05, 0) is 24.3 Å². The van der Waals surface area contributed by atoms with E-state index in [2.05, 4.69) is 5.32 Å². The van der Waals surface area contributed by atoms with E-state index in [-0.39, 0.29) is 12.1 Å². The van der Waals surface area contributed by atoms with Crippen LogP contribution in [0.1, 0.15) is 5.56 Å². The molecule has 2 aromatic carbocycles. The van der Waals surface area contributed by atoms with Crippen molar-refractivity contribution in [1.29, 1.82) is 0 Å². The molecule has 2 aromatic rings. The molecule has 0 radical (unpaired) electrons. The molecular weight excluding hydrogens is 298 g/mol. The van der Waals surface area contributed by atoms with Gasteiger partial charge in [-0.1, -0.05) is 23.2 Å². The van der Waals surface area contributed by atoms with E-state index in [1.807, 2.05) is 0 Å². The molecule has 0 amide bonds. The Balaban J connectivity index is 2.14. The molecule has 0 spiro atoms. The van der Waals surface area contributed by atoms with Crippen LogP contribution in [0.2, 0.25) is 10.0 Å². The molecule has 0 aliphatic heterocycles. The van der Waals surface area contributed by atoms with Crippen molar-refractivity contribution in [2.75, 3.05) is 5.32 Å². The SMILES string of the molecule is Fc1cc(F)c(CNc2ccc(Cl)c(Cl)c2)cc1F. The number of benzene rings is 2. The summed E-state index contributed by atoms with van der Waals surface area (Å²) in [5.74, 6) is -3.12. The number of nitrogens with one attached hydrogen (secondary N) is 1. The Kier molecular flexibility index (Phi) is 4.22. The second-order valence-electron chi connectivity index (χ2n) is 3.84. The van der Waals surface area contributed by atoms with Gasteiger partial charge in [-0.15, -0.1) is 0 Å². The van der Waals surface area contributed by atoms with Gasteiger partial charge in [0.1, 0.15) is 5.82 Å². The lowest BCUT2D eigenvalue weighted by Gasteiger charge is -2.09. The van der Waals surface area contributed by atoms with Crippen molar-refractivity contribution in [3.63, 3.8) is 0 Å². The van der Waals surface area contributed by atoms with Crippen LogP contribution in [-0.4, -0.2) is 0 Å². The van der Waals surface area contributed by atoms with E-state index in [1.165, 1.54) is 0 Å². The van der Waals surface area contributed by atoms with E-state index >= 15 is 0 Å². The van der Waals surface area contributed by atoms with Gasteiger partial charge in [0.15, 0.2) is 11.6 Å². The third-order valence-electron chi connectivity index (χ3n) is 2.49. The van der Waals surface area contributed by atoms with E-state index in [9.17, 15) is 13.2 Å². The molecule has 0 atom stereocenters. The largest absolute Gasteiger partial charge is 0.381 e. The molecule has 6 heteroatoms. The smallest absolute Gasteiger partial charge is 0.161 e. The fourth-order valence-corrected chi connectivity index (χ4v) is 1.80. The van der Waals surface area contributed by atoms with Crippen molar-refractivity contribution < 1.29 is 13.2 Å². The van der Waals surface area contributed by atoms with E-state index in [0.29, 0.717) is 21.8 Å². The lowest BCUT2D eigenvalue weighted by Crippen LogP contribution is -2.03. The molecule has 0 aromatic heterocycles. The van der Waals surface area contributed by atoms with Crippen LogP contribution >= 0.6 is 23.2 Å². The Labute approximate surface area is 118 Å². The zero-order valence-electron chi connectivity index (χ0n) is 9.48. The van der Waals surface area contributed by atoms with E-state index < -0.39 is 17.5 Å². The average Bonchev–Trinajstić information content (AvgIpc) is 2.36. The number of anilines is 1. The second kappa shape index (κ2) is 5.72. The van der Waals surface area contributed by atoms with Crippen molar-refractivity contribution in [3.05, 3.63) is 63.4 Å². The zero-order valence-corrected chi connectivity index (χ0v) is 11.0. The standard InChI is InChI=1S/C13H8Cl2F3N/c14-9-2-1-8(4-10(9)15)19-6-7-3-12(17)13(18)5-11(7)16/h1-5,19H,6H2. The van der Waals surface area contributed by atoms with Crippen LogP contribution in [-0.2, 0) is 6.54 Å². The first kappa shape index (κ1) is 14.0. The van der Waals surface area contributed by atoms with Gasteiger partial charge in [-0.25, -0.2) is 13.2 Å². The molecular formula is C13H8Cl2F3N. The molecule has 1 nitrogen and oxygen atoms in total. The first-order valence-corrected chi connectivity index (χ1v) is 6.05. The molecule has 0 aliphatic rings. The number of hydrogen-bond donors (Lipinski definition) is 1. The summed E-state index contributed by atoms with van der Waals surface area (Å²) in [7, 11) is 0. The van der Waals surface area contributed by atoms with Crippen LogP contribution in [0.4, 0.5) is 18.9 Å². The third-order valence-corrected chi connectivity index (χ3v) is 3.23. The maximum absolute atomic E-state index is 13.4. The van der Waals surface area contributed by atoms with E-state index in [1.54, 1.807) is 18.2 Å². The van der Waals surface area contributed by atoms with Crippen molar-refractivity contribution in [2.24, 2.45) is 0 Å². The summed E-state index contributed by atoms with van der Waals surface area (Å²) in [6.45, 7) is 0.000987. The van der Waals surface area contributed by atoms with Gasteiger partial charge in [-0.2, -0.15) is 0 Å². The second-order valence-corrected chi connectivity index (χ2v) is 4.65. The van der Waals surface area contributed by atoms with Crippen LogP contribution in [0.25, 0.3) is 0 Å². The molecule has 0 unspecified atom stereocenters. The summed E-state index contributed by atoms with van der Waals surface area (Å²) >= 11 is 11.6. The summed E-state index contributed by atoms with van der Waals surface area (Å²) in [6.07, 6.45) is 0. The van der Waals surface area contributed by atoms with Gasteiger partial charge in [0.05, 0.1) is 10.0 Å². The fourth-order valence-electron chi connectivity index (χ4n) is 1.50. The third kappa shape index (κ3) is 3.33. The summed E-state index contributed by atoms with van der Waals surface area (Å²) in [5.41, 5.74) is 0.614. The van der Waals surface area contributed by atoms with Gasteiger partial charge >= 0.3 is 0 Å². The quantitative estimate of drug-likeness (QED) is 0.785. The Morgan fingerprint density at radius 1 is 0.842 bits per heavy atom. The van der Waals surface area contributed by atoms with Gasteiger partial charge in [0.2, 0.25) is 0 Å². The van der Waals surface area contributed by atoms with Crippen LogP contribution in [0.5, 0.6) is 0 Å². The van der Waals surface area contributed by atoms with E-state index in [0.717, 1.165) is 6.07 Å². The predicted molar refractivity (Wildman–Crippen MR) is 70.1 cm³/mol. The summed E-state index contributed by atoms with van der Waals surface area (Å²) in [5, 5.41) is 3.58. The fraction of sp³-hybridized carbons (Fsp3) is 0.0769. The normalized spacial score (nSPS) is 10.6. The molecule has 0 heterocycles. The summed E-state index contributed by atoms with van der Waals surface area (Å²) in [4.78, 5) is 0.